The SMILES string of the molecule is COCCCNc1ccc(OC)cc1N. The minimum absolute atomic E-state index is 0.701. The van der Waals surface area contributed by atoms with Gasteiger partial charge in [0.2, 0.25) is 0 Å². The molecular weight excluding hydrogens is 192 g/mol. The van der Waals surface area contributed by atoms with E-state index in [4.69, 9.17) is 15.2 Å². The first-order chi connectivity index (χ1) is 7.27. The number of benzene rings is 1. The van der Waals surface area contributed by atoms with E-state index in [0.29, 0.717) is 5.69 Å². The topological polar surface area (TPSA) is 56.5 Å². The van der Waals surface area contributed by atoms with Gasteiger partial charge in [-0.25, -0.2) is 0 Å². The van der Waals surface area contributed by atoms with Gasteiger partial charge in [-0.05, 0) is 18.6 Å². The van der Waals surface area contributed by atoms with Crippen LogP contribution in [0.15, 0.2) is 18.2 Å². The van der Waals surface area contributed by atoms with E-state index >= 15 is 0 Å². The monoisotopic (exact) mass is 210 g/mol. The summed E-state index contributed by atoms with van der Waals surface area (Å²) in [6.07, 6.45) is 0.960. The lowest BCUT2D eigenvalue weighted by atomic mass is 10.2. The third kappa shape index (κ3) is 3.67. The zero-order valence-corrected chi connectivity index (χ0v) is 9.25. The Morgan fingerprint density at radius 1 is 1.33 bits per heavy atom. The van der Waals surface area contributed by atoms with E-state index < -0.39 is 0 Å². The molecule has 0 heterocycles. The second-order valence-electron chi connectivity index (χ2n) is 3.23. The largest absolute Gasteiger partial charge is 0.497 e. The summed E-state index contributed by atoms with van der Waals surface area (Å²) in [5, 5.41) is 3.24. The third-order valence-corrected chi connectivity index (χ3v) is 2.10. The van der Waals surface area contributed by atoms with Crippen LogP contribution in [-0.2, 0) is 4.74 Å². The molecule has 0 saturated heterocycles. The molecule has 1 aromatic rings. The summed E-state index contributed by atoms with van der Waals surface area (Å²) in [6, 6.07) is 5.61. The summed E-state index contributed by atoms with van der Waals surface area (Å²) >= 11 is 0. The Balaban J connectivity index is 2.47. The summed E-state index contributed by atoms with van der Waals surface area (Å²) in [7, 11) is 3.32. The summed E-state index contributed by atoms with van der Waals surface area (Å²) in [5.41, 5.74) is 7.48. The van der Waals surface area contributed by atoms with Crippen LogP contribution < -0.4 is 15.8 Å². The van der Waals surface area contributed by atoms with Crippen molar-refractivity contribution in [2.75, 3.05) is 38.4 Å². The zero-order valence-electron chi connectivity index (χ0n) is 9.25. The molecule has 0 spiro atoms. The highest BCUT2D eigenvalue weighted by atomic mass is 16.5. The highest BCUT2D eigenvalue weighted by molar-refractivity contribution is 5.68. The molecule has 0 aliphatic rings. The Bertz CT molecular complexity index is 303. The van der Waals surface area contributed by atoms with E-state index in [0.717, 1.165) is 31.0 Å². The molecule has 0 aliphatic heterocycles. The Hall–Kier alpha value is -1.42. The van der Waals surface area contributed by atoms with Gasteiger partial charge in [-0.2, -0.15) is 0 Å². The molecule has 0 bridgehead atoms. The fourth-order valence-electron chi connectivity index (χ4n) is 1.27. The van der Waals surface area contributed by atoms with Gasteiger partial charge < -0.3 is 20.5 Å². The Morgan fingerprint density at radius 2 is 2.13 bits per heavy atom. The average Bonchev–Trinajstić information content (AvgIpc) is 2.26. The molecular formula is C11H18N2O2. The zero-order chi connectivity index (χ0) is 11.1. The maximum atomic E-state index is 5.84. The quantitative estimate of drug-likeness (QED) is 0.554. The van der Waals surface area contributed by atoms with Crippen molar-refractivity contribution in [3.8, 4) is 5.75 Å². The number of ether oxygens (including phenoxy) is 2. The van der Waals surface area contributed by atoms with Crippen LogP contribution in [-0.4, -0.2) is 27.4 Å². The molecule has 4 heteroatoms. The van der Waals surface area contributed by atoms with Gasteiger partial charge in [0.15, 0.2) is 0 Å². The van der Waals surface area contributed by atoms with Crippen molar-refractivity contribution >= 4 is 11.4 Å². The average molecular weight is 210 g/mol. The van der Waals surface area contributed by atoms with Crippen LogP contribution in [0.4, 0.5) is 11.4 Å². The van der Waals surface area contributed by atoms with E-state index in [1.165, 1.54) is 0 Å². The Labute approximate surface area is 90.4 Å². The van der Waals surface area contributed by atoms with Crippen LogP contribution in [0.1, 0.15) is 6.42 Å². The second-order valence-corrected chi connectivity index (χ2v) is 3.23. The normalized spacial score (nSPS) is 10.0. The number of anilines is 2. The third-order valence-electron chi connectivity index (χ3n) is 2.10. The molecule has 0 aromatic heterocycles. The number of hydrogen-bond donors (Lipinski definition) is 2. The lowest BCUT2D eigenvalue weighted by Crippen LogP contribution is -2.06. The van der Waals surface area contributed by atoms with Gasteiger partial charge >= 0.3 is 0 Å². The highest BCUT2D eigenvalue weighted by Crippen LogP contribution is 2.23. The molecule has 0 atom stereocenters. The summed E-state index contributed by atoms with van der Waals surface area (Å²) < 4.78 is 10.0. The molecule has 0 radical (unpaired) electrons. The number of methoxy groups -OCH3 is 2. The lowest BCUT2D eigenvalue weighted by Gasteiger charge is -2.10. The van der Waals surface area contributed by atoms with E-state index in [1.807, 2.05) is 12.1 Å². The van der Waals surface area contributed by atoms with Crippen molar-refractivity contribution in [1.82, 2.24) is 0 Å². The van der Waals surface area contributed by atoms with E-state index in [9.17, 15) is 0 Å². The van der Waals surface area contributed by atoms with Crippen molar-refractivity contribution in [1.29, 1.82) is 0 Å². The molecule has 4 nitrogen and oxygen atoms in total. The maximum absolute atomic E-state index is 5.84. The summed E-state index contributed by atoms with van der Waals surface area (Å²) in [6.45, 7) is 1.60. The van der Waals surface area contributed by atoms with Gasteiger partial charge in [0.05, 0.1) is 18.5 Å². The number of nitrogens with one attached hydrogen (secondary N) is 1. The lowest BCUT2D eigenvalue weighted by molar-refractivity contribution is 0.198. The Kier molecular flexibility index (Phi) is 4.77. The van der Waals surface area contributed by atoms with Gasteiger partial charge in [0.25, 0.3) is 0 Å². The highest BCUT2D eigenvalue weighted by Gasteiger charge is 1.99. The minimum atomic E-state index is 0.701. The fraction of sp³-hybridized carbons (Fsp3) is 0.455. The molecule has 1 aromatic carbocycles. The minimum Gasteiger partial charge on any atom is -0.497 e. The predicted molar refractivity (Wildman–Crippen MR) is 62.4 cm³/mol. The smallest absolute Gasteiger partial charge is 0.121 e. The second kappa shape index (κ2) is 6.14. The van der Waals surface area contributed by atoms with E-state index in [1.54, 1.807) is 20.3 Å². The van der Waals surface area contributed by atoms with Crippen LogP contribution in [0.5, 0.6) is 5.75 Å². The molecule has 84 valence electrons. The molecule has 1 rings (SSSR count). The van der Waals surface area contributed by atoms with Crippen LogP contribution in [0, 0.1) is 0 Å². The first kappa shape index (κ1) is 11.7. The summed E-state index contributed by atoms with van der Waals surface area (Å²) in [4.78, 5) is 0. The Morgan fingerprint density at radius 3 is 2.73 bits per heavy atom. The first-order valence-electron chi connectivity index (χ1n) is 4.94. The molecule has 3 N–H and O–H groups in total. The first-order valence-corrected chi connectivity index (χ1v) is 4.94. The van der Waals surface area contributed by atoms with Crippen LogP contribution in [0.2, 0.25) is 0 Å². The van der Waals surface area contributed by atoms with Crippen LogP contribution in [0.25, 0.3) is 0 Å². The van der Waals surface area contributed by atoms with Crippen molar-refractivity contribution in [2.24, 2.45) is 0 Å². The number of hydrogen-bond acceptors (Lipinski definition) is 4. The molecule has 15 heavy (non-hydrogen) atoms. The number of rotatable bonds is 6. The molecule has 0 amide bonds. The number of nitrogen functional groups attached to an aromatic ring is 1. The molecule has 0 unspecified atom stereocenters. The van der Waals surface area contributed by atoms with Crippen molar-refractivity contribution in [3.05, 3.63) is 18.2 Å². The van der Waals surface area contributed by atoms with Gasteiger partial charge in [-0.15, -0.1) is 0 Å². The fourth-order valence-corrected chi connectivity index (χ4v) is 1.27. The van der Waals surface area contributed by atoms with E-state index in [2.05, 4.69) is 5.32 Å². The van der Waals surface area contributed by atoms with Gasteiger partial charge in [-0.1, -0.05) is 0 Å². The van der Waals surface area contributed by atoms with Gasteiger partial charge in [0, 0.05) is 26.3 Å². The number of nitrogens with two attached hydrogens (primary N) is 1. The van der Waals surface area contributed by atoms with Crippen molar-refractivity contribution in [2.45, 2.75) is 6.42 Å². The van der Waals surface area contributed by atoms with E-state index in [-0.39, 0.29) is 0 Å². The molecule has 0 saturated carbocycles. The molecule has 0 aliphatic carbocycles. The van der Waals surface area contributed by atoms with Crippen LogP contribution >= 0.6 is 0 Å². The summed E-state index contributed by atoms with van der Waals surface area (Å²) in [5.74, 6) is 0.773. The van der Waals surface area contributed by atoms with Crippen LogP contribution in [0.3, 0.4) is 0 Å². The maximum Gasteiger partial charge on any atom is 0.121 e. The molecule has 0 fully saturated rings. The van der Waals surface area contributed by atoms with Crippen molar-refractivity contribution < 1.29 is 9.47 Å². The standard InChI is InChI=1S/C11H18N2O2/c1-14-7-3-6-13-11-5-4-9(15-2)8-10(11)12/h4-5,8,13H,3,6-7,12H2,1-2H3. The van der Waals surface area contributed by atoms with Gasteiger partial charge in [0.1, 0.15) is 5.75 Å². The van der Waals surface area contributed by atoms with Crippen molar-refractivity contribution in [3.63, 3.8) is 0 Å². The predicted octanol–water partition coefficient (Wildman–Crippen LogP) is 1.73. The van der Waals surface area contributed by atoms with Gasteiger partial charge in [-0.3, -0.25) is 0 Å².